The fraction of sp³-hybridized carbons (Fsp3) is 0.684. The van der Waals surface area contributed by atoms with E-state index in [9.17, 15) is 9.59 Å². The van der Waals surface area contributed by atoms with E-state index in [0.29, 0.717) is 19.4 Å². The molecule has 0 fully saturated rings. The van der Waals surface area contributed by atoms with Crippen LogP contribution in [0.3, 0.4) is 0 Å². The Morgan fingerprint density at radius 1 is 0.371 bits per heavy atom. The second-order valence-corrected chi connectivity index (χ2v) is 16.7. The minimum absolute atomic E-state index is 0.0594. The molecule has 0 saturated carbocycles. The Kier molecular flexibility index (Phi) is 49.5. The number of unbranched alkanes of at least 4 members (excludes halogenated alkanes) is 19. The summed E-state index contributed by atoms with van der Waals surface area (Å²) in [5.74, 6) is -0.435. The second-order valence-electron chi connectivity index (χ2n) is 16.7. The molecule has 0 aromatic heterocycles. The predicted molar refractivity (Wildman–Crippen MR) is 270 cm³/mol. The van der Waals surface area contributed by atoms with Crippen molar-refractivity contribution in [1.82, 2.24) is 0 Å². The van der Waals surface area contributed by atoms with Crippen LogP contribution >= 0.6 is 0 Å². The van der Waals surface area contributed by atoms with Gasteiger partial charge in [-0.3, -0.25) is 9.59 Å². The van der Waals surface area contributed by atoms with Gasteiger partial charge in [0.05, 0.1) is 6.61 Å². The van der Waals surface area contributed by atoms with E-state index in [1.54, 1.807) is 0 Å². The molecule has 0 amide bonds. The molecule has 0 bridgehead atoms. The minimum atomic E-state index is -0.565. The maximum Gasteiger partial charge on any atom is 0.306 e. The highest BCUT2D eigenvalue weighted by Gasteiger charge is 2.17. The van der Waals surface area contributed by atoms with Crippen LogP contribution in [0.5, 0.6) is 0 Å². The Morgan fingerprint density at radius 2 is 0.726 bits per heavy atom. The Labute approximate surface area is 383 Å². The Hall–Kier alpha value is -3.18. The first-order chi connectivity index (χ1) is 30.6. The molecule has 0 aromatic carbocycles. The van der Waals surface area contributed by atoms with Gasteiger partial charge in [0.15, 0.2) is 6.10 Å². The molecular formula is C57H96O5. The van der Waals surface area contributed by atoms with Crippen LogP contribution in [0.25, 0.3) is 0 Å². The van der Waals surface area contributed by atoms with Gasteiger partial charge in [0.2, 0.25) is 0 Å². The summed E-state index contributed by atoms with van der Waals surface area (Å²) in [4.78, 5) is 25.4. The van der Waals surface area contributed by atoms with Crippen molar-refractivity contribution in [2.75, 3.05) is 19.8 Å². The molecule has 62 heavy (non-hydrogen) atoms. The summed E-state index contributed by atoms with van der Waals surface area (Å²) in [5.41, 5.74) is 0. The van der Waals surface area contributed by atoms with Crippen molar-refractivity contribution < 1.29 is 23.8 Å². The third kappa shape index (κ3) is 49.5. The molecule has 0 aliphatic carbocycles. The highest BCUT2D eigenvalue weighted by Crippen LogP contribution is 2.14. The molecule has 0 heterocycles. The summed E-state index contributed by atoms with van der Waals surface area (Å²) in [7, 11) is 0. The summed E-state index contributed by atoms with van der Waals surface area (Å²) in [6, 6.07) is 0. The van der Waals surface area contributed by atoms with Crippen LogP contribution in [0.15, 0.2) is 97.2 Å². The molecule has 1 unspecified atom stereocenters. The lowest BCUT2D eigenvalue weighted by Crippen LogP contribution is -2.30. The normalized spacial score (nSPS) is 13.0. The van der Waals surface area contributed by atoms with Crippen LogP contribution in [-0.2, 0) is 23.8 Å². The molecule has 5 nitrogen and oxygen atoms in total. The number of hydrogen-bond donors (Lipinski definition) is 0. The summed E-state index contributed by atoms with van der Waals surface area (Å²) < 4.78 is 17.3. The standard InChI is InChI=1S/C57H96O5/c1-4-7-10-13-16-19-22-24-26-28-30-32-34-37-40-43-46-49-52-60-53-55(62-57(59)51-48-45-42-39-35-21-18-15-12-9-6-3)54-61-56(58)50-47-44-41-38-36-33-31-29-27-25-23-20-17-14-11-8-5-2/h7-8,10-11,16-17,19-20,24-27,30,32,37,40,55H,4-6,9,12-15,18,21-23,28-29,31,33-36,38-39,41-54H2,1-3H3/b10-7-,11-8-,19-16-,20-17-,26-24-,27-25-,32-30-,40-37-. The van der Waals surface area contributed by atoms with Crippen LogP contribution in [0.4, 0.5) is 0 Å². The van der Waals surface area contributed by atoms with E-state index in [-0.39, 0.29) is 25.2 Å². The third-order valence-electron chi connectivity index (χ3n) is 10.6. The van der Waals surface area contributed by atoms with Crippen molar-refractivity contribution >= 4 is 11.9 Å². The molecule has 354 valence electrons. The van der Waals surface area contributed by atoms with Gasteiger partial charge in [0.25, 0.3) is 0 Å². The fourth-order valence-electron chi connectivity index (χ4n) is 6.84. The average molecular weight is 861 g/mol. The van der Waals surface area contributed by atoms with Crippen LogP contribution < -0.4 is 0 Å². The van der Waals surface area contributed by atoms with Crippen LogP contribution in [-0.4, -0.2) is 37.9 Å². The van der Waals surface area contributed by atoms with Crippen LogP contribution in [0, 0.1) is 0 Å². The van der Waals surface area contributed by atoms with Gasteiger partial charge >= 0.3 is 11.9 Å². The summed E-state index contributed by atoms with van der Waals surface area (Å²) in [6.07, 6.45) is 69.9. The molecule has 0 aliphatic heterocycles. The molecule has 0 saturated heterocycles. The average Bonchev–Trinajstić information content (AvgIpc) is 3.27. The van der Waals surface area contributed by atoms with E-state index in [1.807, 2.05) is 0 Å². The zero-order valence-corrected chi connectivity index (χ0v) is 40.6. The molecule has 0 N–H and O–H groups in total. The quantitative estimate of drug-likeness (QED) is 0.0347. The largest absolute Gasteiger partial charge is 0.462 e. The zero-order valence-electron chi connectivity index (χ0n) is 40.6. The lowest BCUT2D eigenvalue weighted by atomic mass is 10.1. The summed E-state index contributed by atoms with van der Waals surface area (Å²) in [6.45, 7) is 7.49. The zero-order chi connectivity index (χ0) is 44.9. The first-order valence-corrected chi connectivity index (χ1v) is 25.8. The molecule has 5 heteroatoms. The summed E-state index contributed by atoms with van der Waals surface area (Å²) in [5, 5.41) is 0. The van der Waals surface area contributed by atoms with E-state index >= 15 is 0 Å². The third-order valence-corrected chi connectivity index (χ3v) is 10.6. The first-order valence-electron chi connectivity index (χ1n) is 25.8. The van der Waals surface area contributed by atoms with Gasteiger partial charge in [-0.1, -0.05) is 214 Å². The lowest BCUT2D eigenvalue weighted by Gasteiger charge is -2.18. The smallest absolute Gasteiger partial charge is 0.306 e. The van der Waals surface area contributed by atoms with Gasteiger partial charge in [-0.25, -0.2) is 0 Å². The van der Waals surface area contributed by atoms with E-state index in [0.717, 1.165) is 109 Å². The lowest BCUT2D eigenvalue weighted by molar-refractivity contribution is -0.163. The van der Waals surface area contributed by atoms with Gasteiger partial charge < -0.3 is 14.2 Å². The Balaban J connectivity index is 4.34. The molecule has 0 aliphatic rings. The minimum Gasteiger partial charge on any atom is -0.462 e. The molecule has 0 rings (SSSR count). The molecular weight excluding hydrogens is 765 g/mol. The monoisotopic (exact) mass is 861 g/mol. The van der Waals surface area contributed by atoms with E-state index in [4.69, 9.17) is 14.2 Å². The predicted octanol–water partition coefficient (Wildman–Crippen LogP) is 17.5. The van der Waals surface area contributed by atoms with Crippen molar-refractivity contribution in [3.8, 4) is 0 Å². The van der Waals surface area contributed by atoms with Crippen molar-refractivity contribution in [3.05, 3.63) is 97.2 Å². The van der Waals surface area contributed by atoms with Crippen molar-refractivity contribution in [2.45, 2.75) is 232 Å². The van der Waals surface area contributed by atoms with Gasteiger partial charge in [-0.2, -0.15) is 0 Å². The second kappa shape index (κ2) is 52.2. The fourth-order valence-corrected chi connectivity index (χ4v) is 6.84. The van der Waals surface area contributed by atoms with Crippen molar-refractivity contribution in [1.29, 1.82) is 0 Å². The molecule has 0 spiro atoms. The molecule has 0 aromatic rings. The van der Waals surface area contributed by atoms with Crippen molar-refractivity contribution in [2.24, 2.45) is 0 Å². The Bertz CT molecular complexity index is 1200. The maximum atomic E-state index is 12.8. The number of esters is 2. The highest BCUT2D eigenvalue weighted by molar-refractivity contribution is 5.70. The van der Waals surface area contributed by atoms with Crippen LogP contribution in [0.2, 0.25) is 0 Å². The number of rotatable bonds is 46. The molecule has 1 atom stereocenters. The van der Waals surface area contributed by atoms with Crippen molar-refractivity contribution in [3.63, 3.8) is 0 Å². The van der Waals surface area contributed by atoms with Gasteiger partial charge in [0, 0.05) is 19.4 Å². The number of ether oxygens (including phenoxy) is 3. The Morgan fingerprint density at radius 3 is 1.16 bits per heavy atom. The van der Waals surface area contributed by atoms with Gasteiger partial charge in [-0.15, -0.1) is 0 Å². The SMILES string of the molecule is CC/C=C\C/C=C\C/C=C\C/C=C\C/C=C\CCCCOCC(COC(=O)CCCCCCCCC/C=C\C/C=C\C/C=C\CC)OC(=O)CCCCCCCCCCCCC. The van der Waals surface area contributed by atoms with E-state index < -0.39 is 6.10 Å². The molecule has 0 radical (unpaired) electrons. The highest BCUT2D eigenvalue weighted by atomic mass is 16.6. The number of carbonyl (C=O) groups is 2. The number of carbonyl (C=O) groups excluding carboxylic acids is 2. The summed E-state index contributed by atoms with van der Waals surface area (Å²) >= 11 is 0. The first kappa shape index (κ1) is 58.8. The number of hydrogen-bond acceptors (Lipinski definition) is 5. The number of allylic oxidation sites excluding steroid dienone is 16. The van der Waals surface area contributed by atoms with E-state index in [1.165, 1.54) is 83.5 Å². The van der Waals surface area contributed by atoms with Gasteiger partial charge in [0.1, 0.15) is 6.61 Å². The maximum absolute atomic E-state index is 12.8. The van der Waals surface area contributed by atoms with E-state index in [2.05, 4.69) is 118 Å². The van der Waals surface area contributed by atoms with Crippen LogP contribution in [0.1, 0.15) is 226 Å². The topological polar surface area (TPSA) is 61.8 Å². The van der Waals surface area contributed by atoms with Gasteiger partial charge in [-0.05, 0) is 96.3 Å².